The molecule has 0 unspecified atom stereocenters. The van der Waals surface area contributed by atoms with Crippen molar-refractivity contribution in [3.8, 4) is 11.8 Å². The molecule has 0 radical (unpaired) electrons. The van der Waals surface area contributed by atoms with Crippen molar-refractivity contribution in [1.82, 2.24) is 0 Å². The molecule has 0 bridgehead atoms. The zero-order chi connectivity index (χ0) is 16.1. The third-order valence-corrected chi connectivity index (χ3v) is 3.66. The van der Waals surface area contributed by atoms with Crippen molar-refractivity contribution >= 4 is 34.9 Å². The molecule has 0 aliphatic carbocycles. The summed E-state index contributed by atoms with van der Waals surface area (Å²) in [5.41, 5.74) is 3.31. The van der Waals surface area contributed by atoms with Crippen LogP contribution >= 0.6 is 23.2 Å². The molecule has 0 heterocycles. The van der Waals surface area contributed by atoms with Crippen molar-refractivity contribution in [1.29, 1.82) is 5.26 Å². The van der Waals surface area contributed by atoms with Gasteiger partial charge in [-0.25, -0.2) is 0 Å². The van der Waals surface area contributed by atoms with Crippen LogP contribution in [0.4, 0.5) is 0 Å². The fraction of sp³-hybridized carbons (Fsp3) is 0.167. The maximum absolute atomic E-state index is 9.38. The fourth-order valence-corrected chi connectivity index (χ4v) is 2.64. The lowest BCUT2D eigenvalue weighted by Gasteiger charge is -2.09. The van der Waals surface area contributed by atoms with Gasteiger partial charge in [0.05, 0.1) is 28.3 Å². The number of aryl methyl sites for hydroxylation is 1. The Morgan fingerprint density at radius 3 is 2.27 bits per heavy atom. The highest BCUT2D eigenvalue weighted by Crippen LogP contribution is 2.35. The number of allylic oxidation sites excluding steroid dienone is 1. The fourth-order valence-electron chi connectivity index (χ4n) is 2.02. The molecular weight excluding hydrogens is 317 g/mol. The van der Waals surface area contributed by atoms with E-state index in [-0.39, 0.29) is 0 Å². The van der Waals surface area contributed by atoms with Gasteiger partial charge in [0.25, 0.3) is 0 Å². The van der Waals surface area contributed by atoms with Crippen molar-refractivity contribution in [2.75, 3.05) is 6.61 Å². The van der Waals surface area contributed by atoms with Gasteiger partial charge >= 0.3 is 0 Å². The SMILES string of the molecule is CCOc1c(Cl)cc(/C=C(\C#N)c2ccc(C)cc2)cc1Cl. The molecule has 2 nitrogen and oxygen atoms in total. The topological polar surface area (TPSA) is 33.0 Å². The summed E-state index contributed by atoms with van der Waals surface area (Å²) in [6.07, 6.45) is 1.76. The van der Waals surface area contributed by atoms with Gasteiger partial charge in [-0.05, 0) is 43.2 Å². The van der Waals surface area contributed by atoms with Crippen LogP contribution in [0.3, 0.4) is 0 Å². The van der Waals surface area contributed by atoms with Crippen LogP contribution in [0.1, 0.15) is 23.6 Å². The number of nitriles is 1. The molecule has 0 atom stereocenters. The molecular formula is C18H15Cl2NO. The van der Waals surface area contributed by atoms with Crippen molar-refractivity contribution in [3.63, 3.8) is 0 Å². The van der Waals surface area contributed by atoms with Crippen molar-refractivity contribution < 1.29 is 4.74 Å². The minimum atomic E-state index is 0.432. The van der Waals surface area contributed by atoms with E-state index in [1.807, 2.05) is 38.1 Å². The first-order chi connectivity index (χ1) is 10.5. The Labute approximate surface area is 140 Å². The van der Waals surface area contributed by atoms with Gasteiger partial charge in [-0.15, -0.1) is 0 Å². The molecule has 0 spiro atoms. The molecule has 2 aromatic carbocycles. The smallest absolute Gasteiger partial charge is 0.156 e. The number of rotatable bonds is 4. The van der Waals surface area contributed by atoms with Crippen molar-refractivity contribution in [2.45, 2.75) is 13.8 Å². The molecule has 0 aliphatic heterocycles. The minimum absolute atomic E-state index is 0.432. The van der Waals surface area contributed by atoms with Gasteiger partial charge in [0, 0.05) is 0 Å². The first kappa shape index (κ1) is 16.4. The normalized spacial score (nSPS) is 11.1. The highest BCUT2D eigenvalue weighted by molar-refractivity contribution is 6.37. The van der Waals surface area contributed by atoms with E-state index < -0.39 is 0 Å². The number of ether oxygens (including phenoxy) is 1. The van der Waals surface area contributed by atoms with Crippen LogP contribution in [-0.4, -0.2) is 6.61 Å². The van der Waals surface area contributed by atoms with Crippen LogP contribution in [0.25, 0.3) is 11.6 Å². The van der Waals surface area contributed by atoms with Gasteiger partial charge in [0.1, 0.15) is 0 Å². The lowest BCUT2D eigenvalue weighted by molar-refractivity contribution is 0.340. The van der Waals surface area contributed by atoms with E-state index in [2.05, 4.69) is 6.07 Å². The van der Waals surface area contributed by atoms with E-state index in [1.165, 1.54) is 0 Å². The first-order valence-corrected chi connectivity index (χ1v) is 7.61. The second kappa shape index (κ2) is 7.35. The summed E-state index contributed by atoms with van der Waals surface area (Å²) in [6.45, 7) is 4.36. The number of halogens is 2. The van der Waals surface area contributed by atoms with Crippen molar-refractivity contribution in [3.05, 3.63) is 63.1 Å². The molecule has 0 amide bonds. The molecule has 112 valence electrons. The average molecular weight is 332 g/mol. The highest BCUT2D eigenvalue weighted by Gasteiger charge is 2.09. The lowest BCUT2D eigenvalue weighted by Crippen LogP contribution is -1.93. The van der Waals surface area contributed by atoms with Crippen LogP contribution in [0.5, 0.6) is 5.75 Å². The Morgan fingerprint density at radius 1 is 1.18 bits per heavy atom. The molecule has 0 N–H and O–H groups in total. The third-order valence-electron chi connectivity index (χ3n) is 3.10. The molecule has 2 aromatic rings. The Balaban J connectivity index is 2.42. The number of benzene rings is 2. The monoisotopic (exact) mass is 331 g/mol. The lowest BCUT2D eigenvalue weighted by atomic mass is 10.0. The van der Waals surface area contributed by atoms with Gasteiger partial charge < -0.3 is 4.74 Å². The second-order valence-corrected chi connectivity index (χ2v) is 5.60. The van der Waals surface area contributed by atoms with E-state index in [0.717, 1.165) is 16.7 Å². The van der Waals surface area contributed by atoms with Gasteiger partial charge in [-0.1, -0.05) is 53.0 Å². The summed E-state index contributed by atoms with van der Waals surface area (Å²) >= 11 is 12.4. The molecule has 0 saturated heterocycles. The molecule has 0 fully saturated rings. The Bertz CT molecular complexity index is 720. The van der Waals surface area contributed by atoms with E-state index >= 15 is 0 Å². The van der Waals surface area contributed by atoms with E-state index in [9.17, 15) is 5.26 Å². The summed E-state index contributed by atoms with van der Waals surface area (Å²) in [7, 11) is 0. The largest absolute Gasteiger partial charge is 0.491 e. The maximum atomic E-state index is 9.38. The molecule has 4 heteroatoms. The van der Waals surface area contributed by atoms with E-state index in [4.69, 9.17) is 27.9 Å². The van der Waals surface area contributed by atoms with Crippen LogP contribution in [-0.2, 0) is 0 Å². The summed E-state index contributed by atoms with van der Waals surface area (Å²) in [4.78, 5) is 0. The summed E-state index contributed by atoms with van der Waals surface area (Å²) in [5, 5.41) is 10.2. The van der Waals surface area contributed by atoms with Crippen LogP contribution in [0.15, 0.2) is 36.4 Å². The molecule has 22 heavy (non-hydrogen) atoms. The van der Waals surface area contributed by atoms with Gasteiger partial charge in [0.2, 0.25) is 0 Å². The number of hydrogen-bond acceptors (Lipinski definition) is 2. The number of hydrogen-bond donors (Lipinski definition) is 0. The Hall–Kier alpha value is -1.95. The Morgan fingerprint density at radius 2 is 1.77 bits per heavy atom. The highest BCUT2D eigenvalue weighted by atomic mass is 35.5. The van der Waals surface area contributed by atoms with Crippen LogP contribution < -0.4 is 4.74 Å². The Kier molecular flexibility index (Phi) is 5.49. The van der Waals surface area contributed by atoms with Crippen LogP contribution in [0.2, 0.25) is 10.0 Å². The first-order valence-electron chi connectivity index (χ1n) is 6.85. The zero-order valence-corrected chi connectivity index (χ0v) is 13.9. The molecule has 2 rings (SSSR count). The summed E-state index contributed by atoms with van der Waals surface area (Å²) < 4.78 is 5.40. The maximum Gasteiger partial charge on any atom is 0.156 e. The summed E-state index contributed by atoms with van der Waals surface area (Å²) in [5.74, 6) is 0.469. The molecule has 0 aliphatic rings. The van der Waals surface area contributed by atoms with Gasteiger partial charge in [-0.2, -0.15) is 5.26 Å². The molecule has 0 saturated carbocycles. The average Bonchev–Trinajstić information content (AvgIpc) is 2.49. The molecule has 0 aromatic heterocycles. The van der Waals surface area contributed by atoms with E-state index in [0.29, 0.717) is 28.0 Å². The second-order valence-electron chi connectivity index (χ2n) is 4.78. The number of nitrogens with zero attached hydrogens (tertiary/aromatic N) is 1. The zero-order valence-electron chi connectivity index (χ0n) is 12.4. The van der Waals surface area contributed by atoms with Crippen LogP contribution in [0, 0.1) is 18.3 Å². The predicted molar refractivity (Wildman–Crippen MR) is 92.3 cm³/mol. The minimum Gasteiger partial charge on any atom is -0.491 e. The summed E-state index contributed by atoms with van der Waals surface area (Å²) in [6, 6.07) is 13.5. The standard InChI is InChI=1S/C18H15Cl2NO/c1-3-22-18-16(19)9-13(10-17(18)20)8-15(11-21)14-6-4-12(2)5-7-14/h4-10H,3H2,1-2H3/b15-8+. The third kappa shape index (κ3) is 3.82. The van der Waals surface area contributed by atoms with Gasteiger partial charge in [0.15, 0.2) is 5.75 Å². The van der Waals surface area contributed by atoms with Gasteiger partial charge in [-0.3, -0.25) is 0 Å². The predicted octanol–water partition coefficient (Wildman–Crippen LogP) is 5.76. The quantitative estimate of drug-likeness (QED) is 0.526. The van der Waals surface area contributed by atoms with Crippen molar-refractivity contribution in [2.24, 2.45) is 0 Å². The van der Waals surface area contributed by atoms with E-state index in [1.54, 1.807) is 18.2 Å².